The summed E-state index contributed by atoms with van der Waals surface area (Å²) >= 11 is 0. The van der Waals surface area contributed by atoms with Gasteiger partial charge in [-0.1, -0.05) is 6.92 Å². The molecule has 0 radical (unpaired) electrons. The maximum Gasteiger partial charge on any atom is 0.131 e. The van der Waals surface area contributed by atoms with Crippen LogP contribution in [0, 0.1) is 13.8 Å². The van der Waals surface area contributed by atoms with Crippen molar-refractivity contribution in [2.45, 2.75) is 59.1 Å². The van der Waals surface area contributed by atoms with Crippen LogP contribution in [0.3, 0.4) is 0 Å². The molecule has 1 aliphatic heterocycles. The molecule has 1 aliphatic rings. The minimum atomic E-state index is 0.312. The molecule has 0 aliphatic carbocycles. The van der Waals surface area contributed by atoms with Gasteiger partial charge in [-0.3, -0.25) is 0 Å². The third-order valence-corrected chi connectivity index (χ3v) is 3.70. The largest absolute Gasteiger partial charge is 0.378 e. The van der Waals surface area contributed by atoms with E-state index >= 15 is 0 Å². The molecule has 1 unspecified atom stereocenters. The zero-order valence-electron chi connectivity index (χ0n) is 12.3. The lowest BCUT2D eigenvalue weighted by atomic mass is 10.1. The molecular formula is C15H25N3O. The molecule has 0 amide bonds. The Labute approximate surface area is 116 Å². The van der Waals surface area contributed by atoms with Crippen molar-refractivity contribution in [1.29, 1.82) is 0 Å². The predicted octanol–water partition coefficient (Wildman–Crippen LogP) is 2.31. The van der Waals surface area contributed by atoms with E-state index in [1.165, 1.54) is 18.4 Å². The van der Waals surface area contributed by atoms with E-state index in [-0.39, 0.29) is 0 Å². The SMILES string of the molecule is CCNCc1c(C)nc(CC2CCCCO2)nc1C. The lowest BCUT2D eigenvalue weighted by molar-refractivity contribution is 0.0156. The monoisotopic (exact) mass is 263 g/mol. The van der Waals surface area contributed by atoms with Crippen LogP contribution < -0.4 is 5.32 Å². The van der Waals surface area contributed by atoms with Gasteiger partial charge in [0.1, 0.15) is 5.82 Å². The van der Waals surface area contributed by atoms with E-state index in [0.717, 1.165) is 49.8 Å². The van der Waals surface area contributed by atoms with Crippen LogP contribution in [0.15, 0.2) is 0 Å². The van der Waals surface area contributed by atoms with Gasteiger partial charge in [-0.25, -0.2) is 9.97 Å². The van der Waals surface area contributed by atoms with Gasteiger partial charge in [0, 0.05) is 36.5 Å². The Balaban J connectivity index is 2.05. The van der Waals surface area contributed by atoms with Crippen molar-refractivity contribution >= 4 is 0 Å². The molecule has 19 heavy (non-hydrogen) atoms. The smallest absolute Gasteiger partial charge is 0.131 e. The molecule has 1 aromatic rings. The van der Waals surface area contributed by atoms with Crippen LogP contribution in [0.4, 0.5) is 0 Å². The van der Waals surface area contributed by atoms with Crippen molar-refractivity contribution in [2.24, 2.45) is 0 Å². The van der Waals surface area contributed by atoms with Gasteiger partial charge < -0.3 is 10.1 Å². The Kier molecular flexibility index (Phi) is 5.28. The second kappa shape index (κ2) is 6.96. The number of hydrogen-bond donors (Lipinski definition) is 1. The number of nitrogens with zero attached hydrogens (tertiary/aromatic N) is 2. The fourth-order valence-electron chi connectivity index (χ4n) is 2.58. The Morgan fingerprint density at radius 3 is 2.53 bits per heavy atom. The normalized spacial score (nSPS) is 19.6. The van der Waals surface area contributed by atoms with Gasteiger partial charge in [0.15, 0.2) is 0 Å². The number of rotatable bonds is 5. The molecule has 4 heteroatoms. The third kappa shape index (κ3) is 3.98. The highest BCUT2D eigenvalue weighted by Gasteiger charge is 2.17. The number of ether oxygens (including phenoxy) is 1. The van der Waals surface area contributed by atoms with E-state index in [0.29, 0.717) is 6.10 Å². The van der Waals surface area contributed by atoms with Gasteiger partial charge in [-0.15, -0.1) is 0 Å². The van der Waals surface area contributed by atoms with Crippen molar-refractivity contribution in [3.05, 3.63) is 22.8 Å². The summed E-state index contributed by atoms with van der Waals surface area (Å²) in [6.07, 6.45) is 4.76. The molecule has 0 aromatic carbocycles. The molecule has 0 bridgehead atoms. The average Bonchev–Trinajstić information content (AvgIpc) is 2.39. The zero-order chi connectivity index (χ0) is 13.7. The highest BCUT2D eigenvalue weighted by atomic mass is 16.5. The lowest BCUT2D eigenvalue weighted by Gasteiger charge is -2.22. The Bertz CT molecular complexity index is 391. The van der Waals surface area contributed by atoms with Crippen LogP contribution in [-0.4, -0.2) is 29.2 Å². The summed E-state index contributed by atoms with van der Waals surface area (Å²) in [5.41, 5.74) is 3.42. The van der Waals surface area contributed by atoms with E-state index in [1.54, 1.807) is 0 Å². The molecule has 0 saturated carbocycles. The highest BCUT2D eigenvalue weighted by molar-refractivity contribution is 5.24. The van der Waals surface area contributed by atoms with Crippen LogP contribution in [0.2, 0.25) is 0 Å². The van der Waals surface area contributed by atoms with Crippen molar-refractivity contribution < 1.29 is 4.74 Å². The molecule has 106 valence electrons. The highest BCUT2D eigenvalue weighted by Crippen LogP contribution is 2.17. The van der Waals surface area contributed by atoms with E-state index in [1.807, 2.05) is 0 Å². The molecule has 1 N–H and O–H groups in total. The first kappa shape index (κ1) is 14.4. The van der Waals surface area contributed by atoms with Crippen LogP contribution in [0.1, 0.15) is 49.0 Å². The number of aryl methyl sites for hydroxylation is 2. The maximum atomic E-state index is 5.76. The fraction of sp³-hybridized carbons (Fsp3) is 0.733. The van der Waals surface area contributed by atoms with Crippen LogP contribution in [-0.2, 0) is 17.7 Å². The van der Waals surface area contributed by atoms with Gasteiger partial charge in [-0.2, -0.15) is 0 Å². The van der Waals surface area contributed by atoms with Crippen LogP contribution in [0.25, 0.3) is 0 Å². The predicted molar refractivity (Wildman–Crippen MR) is 76.2 cm³/mol. The first-order valence-corrected chi connectivity index (χ1v) is 7.36. The van der Waals surface area contributed by atoms with E-state index < -0.39 is 0 Å². The summed E-state index contributed by atoms with van der Waals surface area (Å²) in [4.78, 5) is 9.30. The summed E-state index contributed by atoms with van der Waals surface area (Å²) < 4.78 is 5.76. The second-order valence-electron chi connectivity index (χ2n) is 5.26. The molecule has 2 rings (SSSR count). The quantitative estimate of drug-likeness (QED) is 0.885. The lowest BCUT2D eigenvalue weighted by Crippen LogP contribution is -2.23. The van der Waals surface area contributed by atoms with E-state index in [9.17, 15) is 0 Å². The molecule has 1 aromatic heterocycles. The Hall–Kier alpha value is -1.00. The summed E-state index contributed by atoms with van der Waals surface area (Å²) in [6.45, 7) is 8.98. The summed E-state index contributed by atoms with van der Waals surface area (Å²) in [5, 5.41) is 3.34. The summed E-state index contributed by atoms with van der Waals surface area (Å²) in [5.74, 6) is 0.933. The molecule has 2 heterocycles. The molecule has 0 spiro atoms. The second-order valence-corrected chi connectivity index (χ2v) is 5.26. The minimum absolute atomic E-state index is 0.312. The standard InChI is InChI=1S/C15H25N3O/c1-4-16-10-14-11(2)17-15(18-12(14)3)9-13-7-5-6-8-19-13/h13,16H,4-10H2,1-3H3. The number of hydrogen-bond acceptors (Lipinski definition) is 4. The van der Waals surface area contributed by atoms with Crippen LogP contribution >= 0.6 is 0 Å². The molecule has 1 atom stereocenters. The first-order valence-electron chi connectivity index (χ1n) is 7.36. The average molecular weight is 263 g/mol. The molecule has 1 saturated heterocycles. The number of nitrogens with one attached hydrogen (secondary N) is 1. The summed E-state index contributed by atoms with van der Waals surface area (Å²) in [6, 6.07) is 0. The maximum absolute atomic E-state index is 5.76. The van der Waals surface area contributed by atoms with Crippen molar-refractivity contribution in [3.8, 4) is 0 Å². The number of aromatic nitrogens is 2. The van der Waals surface area contributed by atoms with Gasteiger partial charge in [-0.05, 0) is 39.7 Å². The minimum Gasteiger partial charge on any atom is -0.378 e. The van der Waals surface area contributed by atoms with E-state index in [4.69, 9.17) is 4.74 Å². The first-order chi connectivity index (χ1) is 9.20. The van der Waals surface area contributed by atoms with Gasteiger partial charge in [0.05, 0.1) is 6.10 Å². The molecular weight excluding hydrogens is 238 g/mol. The Morgan fingerprint density at radius 1 is 1.21 bits per heavy atom. The molecule has 1 fully saturated rings. The van der Waals surface area contributed by atoms with Crippen molar-refractivity contribution in [1.82, 2.24) is 15.3 Å². The van der Waals surface area contributed by atoms with Gasteiger partial charge in [0.25, 0.3) is 0 Å². The topological polar surface area (TPSA) is 47.0 Å². The third-order valence-electron chi connectivity index (χ3n) is 3.70. The van der Waals surface area contributed by atoms with Crippen molar-refractivity contribution in [2.75, 3.05) is 13.2 Å². The molecule has 4 nitrogen and oxygen atoms in total. The summed E-state index contributed by atoms with van der Waals surface area (Å²) in [7, 11) is 0. The van der Waals surface area contributed by atoms with Gasteiger partial charge in [0.2, 0.25) is 0 Å². The Morgan fingerprint density at radius 2 is 1.95 bits per heavy atom. The van der Waals surface area contributed by atoms with Crippen molar-refractivity contribution in [3.63, 3.8) is 0 Å². The van der Waals surface area contributed by atoms with Crippen LogP contribution in [0.5, 0.6) is 0 Å². The zero-order valence-corrected chi connectivity index (χ0v) is 12.3. The van der Waals surface area contributed by atoms with E-state index in [2.05, 4.69) is 36.1 Å². The fourth-order valence-corrected chi connectivity index (χ4v) is 2.58. The van der Waals surface area contributed by atoms with Gasteiger partial charge >= 0.3 is 0 Å².